The Morgan fingerprint density at radius 1 is 1.75 bits per heavy atom. The van der Waals surface area contributed by atoms with Crippen molar-refractivity contribution in [1.29, 1.82) is 0 Å². The topological polar surface area (TPSA) is 47.3 Å². The minimum atomic E-state index is 0.0654. The van der Waals surface area contributed by atoms with Gasteiger partial charge in [-0.1, -0.05) is 0 Å². The molecule has 0 aliphatic carbocycles. The van der Waals surface area contributed by atoms with Crippen molar-refractivity contribution in [2.45, 2.75) is 6.04 Å². The van der Waals surface area contributed by atoms with Gasteiger partial charge in [0.05, 0.1) is 12.6 Å². The van der Waals surface area contributed by atoms with E-state index in [1.807, 2.05) is 10.8 Å². The van der Waals surface area contributed by atoms with Crippen LogP contribution in [0, 0.1) is 0 Å². The monoisotopic (exact) mass is 250 g/mol. The van der Waals surface area contributed by atoms with E-state index in [2.05, 4.69) is 21.4 Å². The Bertz CT molecular complexity index is 241. The van der Waals surface area contributed by atoms with Crippen LogP contribution in [0.25, 0.3) is 0 Å². The van der Waals surface area contributed by atoms with Crippen molar-refractivity contribution in [2.75, 3.05) is 13.7 Å². The molecule has 0 aromatic carbocycles. The quantitative estimate of drug-likeness (QED) is 0.632. The van der Waals surface area contributed by atoms with Gasteiger partial charge < -0.3 is 4.74 Å². The van der Waals surface area contributed by atoms with E-state index in [0.29, 0.717) is 6.61 Å². The number of thiophene rings is 1. The Hall–Kier alpha value is 0.0600. The lowest BCUT2D eigenvalue weighted by Gasteiger charge is -2.13. The average molecular weight is 251 g/mol. The van der Waals surface area contributed by atoms with Crippen molar-refractivity contribution in [3.8, 4) is 0 Å². The van der Waals surface area contributed by atoms with Crippen LogP contribution in [0.2, 0.25) is 0 Å². The fraction of sp³-hybridized carbons (Fsp3) is 0.429. The van der Waals surface area contributed by atoms with Crippen molar-refractivity contribution in [2.24, 2.45) is 5.84 Å². The highest BCUT2D eigenvalue weighted by Crippen LogP contribution is 2.26. The molecule has 1 aromatic heterocycles. The molecule has 1 unspecified atom stereocenters. The first kappa shape index (κ1) is 10.1. The van der Waals surface area contributed by atoms with Gasteiger partial charge in [0, 0.05) is 17.0 Å². The summed E-state index contributed by atoms with van der Waals surface area (Å²) in [5.74, 6) is 5.37. The molecule has 0 saturated heterocycles. The minimum absolute atomic E-state index is 0.0654. The van der Waals surface area contributed by atoms with Gasteiger partial charge >= 0.3 is 0 Å². The van der Waals surface area contributed by atoms with Crippen molar-refractivity contribution in [3.05, 3.63) is 20.8 Å². The van der Waals surface area contributed by atoms with Crippen LogP contribution in [0.1, 0.15) is 11.6 Å². The molecule has 3 N–H and O–H groups in total. The third-order valence-electron chi connectivity index (χ3n) is 1.55. The van der Waals surface area contributed by atoms with Gasteiger partial charge in [-0.3, -0.25) is 11.3 Å². The SMILES string of the molecule is COCC(NN)c1cscc1Br. The summed E-state index contributed by atoms with van der Waals surface area (Å²) in [6.45, 7) is 0.575. The fourth-order valence-electron chi connectivity index (χ4n) is 0.934. The molecule has 1 aromatic rings. The van der Waals surface area contributed by atoms with Gasteiger partial charge in [0.25, 0.3) is 0 Å². The summed E-state index contributed by atoms with van der Waals surface area (Å²) < 4.78 is 6.09. The molecule has 0 bridgehead atoms. The Morgan fingerprint density at radius 3 is 2.92 bits per heavy atom. The molecule has 0 aliphatic rings. The molecule has 5 heteroatoms. The van der Waals surface area contributed by atoms with Crippen LogP contribution in [0.3, 0.4) is 0 Å². The van der Waals surface area contributed by atoms with Gasteiger partial charge in [0.1, 0.15) is 0 Å². The lowest BCUT2D eigenvalue weighted by Crippen LogP contribution is -2.30. The van der Waals surface area contributed by atoms with Gasteiger partial charge in [0.15, 0.2) is 0 Å². The number of ether oxygens (including phenoxy) is 1. The molecular formula is C7H11BrN2OS. The van der Waals surface area contributed by atoms with Crippen LogP contribution in [0.5, 0.6) is 0 Å². The van der Waals surface area contributed by atoms with Crippen molar-refractivity contribution >= 4 is 27.3 Å². The molecule has 0 amide bonds. The zero-order valence-corrected chi connectivity index (χ0v) is 9.11. The average Bonchev–Trinajstić information content (AvgIpc) is 2.47. The Labute approximate surface area is 84.0 Å². The third kappa shape index (κ3) is 2.27. The number of halogens is 1. The summed E-state index contributed by atoms with van der Waals surface area (Å²) in [5, 5.41) is 4.07. The standard InChI is InChI=1S/C7H11BrN2OS/c1-11-2-7(10-9)5-3-12-4-6(5)8/h3-4,7,10H,2,9H2,1H3. The molecule has 1 heterocycles. The third-order valence-corrected chi connectivity index (χ3v) is 3.30. The normalized spacial score (nSPS) is 13.2. The molecule has 0 fully saturated rings. The molecular weight excluding hydrogens is 240 g/mol. The van der Waals surface area contributed by atoms with Crippen molar-refractivity contribution in [3.63, 3.8) is 0 Å². The first-order valence-electron chi connectivity index (χ1n) is 3.46. The van der Waals surface area contributed by atoms with Crippen LogP contribution in [0.15, 0.2) is 15.2 Å². The molecule has 0 spiro atoms. The number of hydrogen-bond donors (Lipinski definition) is 2. The van der Waals surface area contributed by atoms with Crippen molar-refractivity contribution in [1.82, 2.24) is 5.43 Å². The number of hydrazine groups is 1. The van der Waals surface area contributed by atoms with Crippen LogP contribution in [-0.2, 0) is 4.74 Å². The second-order valence-corrected chi connectivity index (χ2v) is 3.95. The van der Waals surface area contributed by atoms with Gasteiger partial charge in [-0.05, 0) is 26.9 Å². The van der Waals surface area contributed by atoms with E-state index in [4.69, 9.17) is 10.6 Å². The van der Waals surface area contributed by atoms with E-state index in [0.717, 1.165) is 10.0 Å². The number of rotatable bonds is 4. The van der Waals surface area contributed by atoms with Crippen LogP contribution < -0.4 is 11.3 Å². The van der Waals surface area contributed by atoms with Gasteiger partial charge in [0.2, 0.25) is 0 Å². The molecule has 0 saturated carbocycles. The lowest BCUT2D eigenvalue weighted by atomic mass is 10.2. The van der Waals surface area contributed by atoms with Crippen LogP contribution in [-0.4, -0.2) is 13.7 Å². The predicted molar refractivity (Wildman–Crippen MR) is 54.0 cm³/mol. The van der Waals surface area contributed by atoms with E-state index < -0.39 is 0 Å². The van der Waals surface area contributed by atoms with E-state index in [9.17, 15) is 0 Å². The molecule has 1 atom stereocenters. The molecule has 0 radical (unpaired) electrons. The smallest absolute Gasteiger partial charge is 0.0712 e. The summed E-state index contributed by atoms with van der Waals surface area (Å²) in [7, 11) is 1.66. The molecule has 3 nitrogen and oxygen atoms in total. The van der Waals surface area contributed by atoms with E-state index in [-0.39, 0.29) is 6.04 Å². The van der Waals surface area contributed by atoms with Gasteiger partial charge in [-0.25, -0.2) is 0 Å². The summed E-state index contributed by atoms with van der Waals surface area (Å²) >= 11 is 5.07. The van der Waals surface area contributed by atoms with Crippen LogP contribution >= 0.6 is 27.3 Å². The summed E-state index contributed by atoms with van der Waals surface area (Å²) in [5.41, 5.74) is 3.84. The Balaban J connectivity index is 2.72. The maximum atomic E-state index is 5.37. The van der Waals surface area contributed by atoms with E-state index >= 15 is 0 Å². The molecule has 68 valence electrons. The minimum Gasteiger partial charge on any atom is -0.383 e. The number of nitrogens with one attached hydrogen (secondary N) is 1. The van der Waals surface area contributed by atoms with Crippen LogP contribution in [0.4, 0.5) is 0 Å². The highest BCUT2D eigenvalue weighted by atomic mass is 79.9. The van der Waals surface area contributed by atoms with E-state index in [1.54, 1.807) is 18.4 Å². The zero-order chi connectivity index (χ0) is 8.97. The highest BCUT2D eigenvalue weighted by molar-refractivity contribution is 9.10. The summed E-state index contributed by atoms with van der Waals surface area (Å²) in [6, 6.07) is 0.0654. The number of methoxy groups -OCH3 is 1. The zero-order valence-electron chi connectivity index (χ0n) is 6.71. The maximum absolute atomic E-state index is 5.37. The molecule has 0 aliphatic heterocycles. The molecule has 12 heavy (non-hydrogen) atoms. The van der Waals surface area contributed by atoms with Crippen molar-refractivity contribution < 1.29 is 4.74 Å². The second-order valence-electron chi connectivity index (χ2n) is 2.35. The highest BCUT2D eigenvalue weighted by Gasteiger charge is 2.12. The Morgan fingerprint density at radius 2 is 2.50 bits per heavy atom. The maximum Gasteiger partial charge on any atom is 0.0712 e. The first-order chi connectivity index (χ1) is 5.79. The first-order valence-corrected chi connectivity index (χ1v) is 5.19. The number of hydrogen-bond acceptors (Lipinski definition) is 4. The largest absolute Gasteiger partial charge is 0.383 e. The number of nitrogens with two attached hydrogens (primary N) is 1. The molecule has 1 rings (SSSR count). The van der Waals surface area contributed by atoms with Gasteiger partial charge in [-0.15, -0.1) is 0 Å². The second kappa shape index (κ2) is 4.94. The van der Waals surface area contributed by atoms with Gasteiger partial charge in [-0.2, -0.15) is 11.3 Å². The Kier molecular flexibility index (Phi) is 4.17. The summed E-state index contributed by atoms with van der Waals surface area (Å²) in [6.07, 6.45) is 0. The van der Waals surface area contributed by atoms with E-state index in [1.165, 1.54) is 0 Å². The predicted octanol–water partition coefficient (Wildman–Crippen LogP) is 1.66. The lowest BCUT2D eigenvalue weighted by molar-refractivity contribution is 0.167. The fourth-order valence-corrected chi connectivity index (χ4v) is 2.56. The summed E-state index contributed by atoms with van der Waals surface area (Å²) in [4.78, 5) is 0.